The Kier molecular flexibility index (Phi) is 2.90. The second-order valence-electron chi connectivity index (χ2n) is 3.67. The summed E-state index contributed by atoms with van der Waals surface area (Å²) in [5.74, 6) is 0. The van der Waals surface area contributed by atoms with Gasteiger partial charge in [-0.15, -0.1) is 0 Å². The molecule has 1 N–H and O–H groups in total. The zero-order valence-electron chi connectivity index (χ0n) is 7.83. The number of piperazine rings is 1. The maximum Gasteiger partial charge on any atom is 0.0256 e. The van der Waals surface area contributed by atoms with Gasteiger partial charge in [-0.1, -0.05) is 9.39 Å². The summed E-state index contributed by atoms with van der Waals surface area (Å²) in [7, 11) is 2.83. The third-order valence-electron chi connectivity index (χ3n) is 2.91. The fourth-order valence-electron chi connectivity index (χ4n) is 1.58. The second-order valence-corrected chi connectivity index (χ2v) is 4.27. The van der Waals surface area contributed by atoms with E-state index in [1.54, 1.807) is 0 Å². The number of nitrogens with one attached hydrogen (secondary N) is 1. The average molecular weight is 174 g/mol. The molecule has 0 aromatic carbocycles. The zero-order valence-corrected chi connectivity index (χ0v) is 8.99. The SMILES string of the molecule is CC1NC(C)C(C)N(P)C1C. The van der Waals surface area contributed by atoms with Crippen molar-refractivity contribution in [3.05, 3.63) is 0 Å². The Balaban J connectivity index is 2.63. The van der Waals surface area contributed by atoms with Crippen molar-refractivity contribution in [2.75, 3.05) is 0 Å². The van der Waals surface area contributed by atoms with Crippen LogP contribution in [0.1, 0.15) is 27.7 Å². The molecule has 2 nitrogen and oxygen atoms in total. The van der Waals surface area contributed by atoms with Crippen LogP contribution in [0.2, 0.25) is 0 Å². The molecule has 3 heteroatoms. The summed E-state index contributed by atoms with van der Waals surface area (Å²) in [6, 6.07) is 2.43. The van der Waals surface area contributed by atoms with Crippen LogP contribution in [0.3, 0.4) is 0 Å². The van der Waals surface area contributed by atoms with Gasteiger partial charge in [0, 0.05) is 24.2 Å². The summed E-state index contributed by atoms with van der Waals surface area (Å²) in [5, 5.41) is 3.55. The molecule has 11 heavy (non-hydrogen) atoms. The van der Waals surface area contributed by atoms with Gasteiger partial charge in [-0.25, -0.2) is 0 Å². The Labute approximate surface area is 72.0 Å². The Morgan fingerprint density at radius 2 is 1.36 bits per heavy atom. The molecule has 1 fully saturated rings. The lowest BCUT2D eigenvalue weighted by atomic mass is 10.0. The lowest BCUT2D eigenvalue weighted by Gasteiger charge is -2.44. The average Bonchev–Trinajstić information content (AvgIpc) is 1.97. The molecule has 0 aromatic rings. The third kappa shape index (κ3) is 1.74. The summed E-state index contributed by atoms with van der Waals surface area (Å²) < 4.78 is 2.37. The van der Waals surface area contributed by atoms with Crippen LogP contribution in [-0.4, -0.2) is 28.8 Å². The highest BCUT2D eigenvalue weighted by atomic mass is 31.0. The minimum atomic E-state index is 0.596. The molecule has 0 spiro atoms. The number of hydrogen-bond acceptors (Lipinski definition) is 2. The minimum Gasteiger partial charge on any atom is -0.309 e. The number of nitrogens with zero attached hydrogens (tertiary/aromatic N) is 1. The molecule has 0 radical (unpaired) electrons. The van der Waals surface area contributed by atoms with E-state index in [1.165, 1.54) is 0 Å². The highest BCUT2D eigenvalue weighted by Gasteiger charge is 2.31. The van der Waals surface area contributed by atoms with Crippen LogP contribution >= 0.6 is 9.39 Å². The molecule has 66 valence electrons. The molecule has 1 rings (SSSR count). The van der Waals surface area contributed by atoms with Gasteiger partial charge in [0.2, 0.25) is 0 Å². The molecule has 0 aromatic heterocycles. The van der Waals surface area contributed by atoms with Gasteiger partial charge in [0.15, 0.2) is 0 Å². The molecule has 1 heterocycles. The first-order valence-electron chi connectivity index (χ1n) is 4.33. The zero-order chi connectivity index (χ0) is 8.59. The van der Waals surface area contributed by atoms with E-state index in [9.17, 15) is 0 Å². The quantitative estimate of drug-likeness (QED) is 0.556. The van der Waals surface area contributed by atoms with Crippen molar-refractivity contribution in [3.63, 3.8) is 0 Å². The molecule has 5 atom stereocenters. The molecule has 5 unspecified atom stereocenters. The Morgan fingerprint density at radius 3 is 1.73 bits per heavy atom. The molecular formula is C8H19N2P. The van der Waals surface area contributed by atoms with Crippen molar-refractivity contribution in [1.82, 2.24) is 9.99 Å². The molecular weight excluding hydrogens is 155 g/mol. The van der Waals surface area contributed by atoms with Crippen LogP contribution in [-0.2, 0) is 0 Å². The van der Waals surface area contributed by atoms with E-state index in [0.717, 1.165) is 0 Å². The van der Waals surface area contributed by atoms with Crippen molar-refractivity contribution in [2.45, 2.75) is 51.9 Å². The van der Waals surface area contributed by atoms with Crippen LogP contribution < -0.4 is 5.32 Å². The molecule has 1 saturated heterocycles. The van der Waals surface area contributed by atoms with Crippen LogP contribution in [0.4, 0.5) is 0 Å². The highest BCUT2D eigenvalue weighted by molar-refractivity contribution is 7.13. The van der Waals surface area contributed by atoms with E-state index < -0.39 is 0 Å². The number of hydrogen-bond donors (Lipinski definition) is 1. The lowest BCUT2D eigenvalue weighted by Crippen LogP contribution is -2.60. The first-order valence-corrected chi connectivity index (χ1v) is 4.84. The fraction of sp³-hybridized carbons (Fsp3) is 1.00. The van der Waals surface area contributed by atoms with Crippen molar-refractivity contribution >= 4 is 9.39 Å². The predicted octanol–water partition coefficient (Wildman–Crippen LogP) is 1.24. The summed E-state index contributed by atoms with van der Waals surface area (Å²) in [6.45, 7) is 8.99. The van der Waals surface area contributed by atoms with Gasteiger partial charge < -0.3 is 5.32 Å². The summed E-state index contributed by atoms with van der Waals surface area (Å²) in [4.78, 5) is 0. The summed E-state index contributed by atoms with van der Waals surface area (Å²) >= 11 is 0. The molecule has 1 aliphatic rings. The van der Waals surface area contributed by atoms with Crippen LogP contribution in [0.25, 0.3) is 0 Å². The largest absolute Gasteiger partial charge is 0.309 e. The van der Waals surface area contributed by atoms with Crippen LogP contribution in [0, 0.1) is 0 Å². The number of rotatable bonds is 0. The summed E-state index contributed by atoms with van der Waals surface area (Å²) in [5.41, 5.74) is 0. The molecule has 0 amide bonds. The maximum absolute atomic E-state index is 3.55. The molecule has 0 saturated carbocycles. The topological polar surface area (TPSA) is 15.3 Å². The second kappa shape index (κ2) is 3.38. The monoisotopic (exact) mass is 174 g/mol. The highest BCUT2D eigenvalue weighted by Crippen LogP contribution is 2.21. The van der Waals surface area contributed by atoms with Crippen LogP contribution in [0.5, 0.6) is 0 Å². The Bertz CT molecular complexity index is 126. The first kappa shape index (κ1) is 9.44. The Morgan fingerprint density at radius 1 is 1.00 bits per heavy atom. The minimum absolute atomic E-state index is 0.596. The standard InChI is InChI=1S/C8H19N2P/c1-5-7(3)10(11)8(4)6(2)9-5/h5-9H,11H2,1-4H3. The van der Waals surface area contributed by atoms with Gasteiger partial charge in [-0.05, 0) is 27.7 Å². The van der Waals surface area contributed by atoms with Gasteiger partial charge in [0.05, 0.1) is 0 Å². The lowest BCUT2D eigenvalue weighted by molar-refractivity contribution is 0.152. The maximum atomic E-state index is 3.55. The Hall–Kier alpha value is 0.350. The predicted molar refractivity (Wildman–Crippen MR) is 52.5 cm³/mol. The summed E-state index contributed by atoms with van der Waals surface area (Å²) in [6.07, 6.45) is 0. The van der Waals surface area contributed by atoms with Gasteiger partial charge in [0.25, 0.3) is 0 Å². The van der Waals surface area contributed by atoms with E-state index in [0.29, 0.717) is 24.2 Å². The smallest absolute Gasteiger partial charge is 0.0256 e. The normalized spacial score (nSPS) is 47.7. The van der Waals surface area contributed by atoms with E-state index in [1.807, 2.05) is 0 Å². The molecule has 0 aliphatic carbocycles. The van der Waals surface area contributed by atoms with Gasteiger partial charge >= 0.3 is 0 Å². The van der Waals surface area contributed by atoms with Crippen LogP contribution in [0.15, 0.2) is 0 Å². The van der Waals surface area contributed by atoms with Crippen molar-refractivity contribution < 1.29 is 0 Å². The third-order valence-corrected chi connectivity index (χ3v) is 3.85. The van der Waals surface area contributed by atoms with Crippen molar-refractivity contribution in [3.8, 4) is 0 Å². The molecule has 1 aliphatic heterocycles. The molecule has 0 bridgehead atoms. The van der Waals surface area contributed by atoms with Gasteiger partial charge in [0.1, 0.15) is 0 Å². The van der Waals surface area contributed by atoms with Crippen molar-refractivity contribution in [1.29, 1.82) is 0 Å². The van der Waals surface area contributed by atoms with Gasteiger partial charge in [-0.3, -0.25) is 4.67 Å². The van der Waals surface area contributed by atoms with E-state index in [4.69, 9.17) is 0 Å². The van der Waals surface area contributed by atoms with Gasteiger partial charge in [-0.2, -0.15) is 0 Å². The van der Waals surface area contributed by atoms with Crippen molar-refractivity contribution in [2.24, 2.45) is 0 Å². The van der Waals surface area contributed by atoms with E-state index in [2.05, 4.69) is 47.1 Å². The first-order chi connectivity index (χ1) is 5.04. The van der Waals surface area contributed by atoms with E-state index >= 15 is 0 Å². The fourth-order valence-corrected chi connectivity index (χ4v) is 2.10. The van der Waals surface area contributed by atoms with E-state index in [-0.39, 0.29) is 0 Å².